The van der Waals surface area contributed by atoms with E-state index in [0.717, 1.165) is 57.9 Å². The first kappa shape index (κ1) is 54.8. The Labute approximate surface area is 448 Å². The molecule has 6 aromatic carbocycles. The van der Waals surface area contributed by atoms with Crippen molar-refractivity contribution in [2.45, 2.75) is 0 Å². The molecule has 340 valence electrons. The summed E-state index contributed by atoms with van der Waals surface area (Å²) >= 11 is 8.63. The molecule has 0 amide bonds. The maximum Gasteiger partial charge on any atom is 0.488 e. The van der Waals surface area contributed by atoms with Crippen molar-refractivity contribution in [2.24, 2.45) is 0 Å². The van der Waals surface area contributed by atoms with Crippen molar-refractivity contribution in [3.63, 3.8) is 0 Å². The zero-order valence-electron chi connectivity index (χ0n) is 35.7. The van der Waals surface area contributed by atoms with Crippen LogP contribution in [0, 0.1) is 14.3 Å². The zero-order chi connectivity index (χ0) is 49.0. The highest BCUT2D eigenvalue weighted by atomic mass is 127. The Bertz CT molecular complexity index is 2680. The van der Waals surface area contributed by atoms with Gasteiger partial charge in [0, 0.05) is 60.6 Å². The van der Waals surface area contributed by atoms with E-state index in [0.29, 0.717) is 21.9 Å². The summed E-state index contributed by atoms with van der Waals surface area (Å²) < 4.78 is 4.34. The van der Waals surface area contributed by atoms with Crippen molar-refractivity contribution in [2.75, 3.05) is 0 Å². The van der Waals surface area contributed by atoms with Gasteiger partial charge in [0.2, 0.25) is 0 Å². The minimum Gasteiger partial charge on any atom is -0.423 e. The van der Waals surface area contributed by atoms with Crippen LogP contribution in [0.5, 0.6) is 0 Å². The molecule has 8 N–H and O–H groups in total. The van der Waals surface area contributed by atoms with Crippen LogP contribution < -0.4 is 21.9 Å². The smallest absolute Gasteiger partial charge is 0.423 e. The quantitative estimate of drug-likeness (QED) is 0.0628. The molecular formula is C48H40B4I4N4O8. The average molecular weight is 1350 g/mol. The predicted molar refractivity (Wildman–Crippen MR) is 310 cm³/mol. The summed E-state index contributed by atoms with van der Waals surface area (Å²) in [5.41, 5.74) is 6.20. The topological polar surface area (TPSA) is 213 Å². The molecule has 0 saturated carbocycles. The Morgan fingerprint density at radius 2 is 0.426 bits per heavy atom. The molecule has 0 aliphatic heterocycles. The molecule has 10 aromatic rings. The Balaban J connectivity index is 0.000000154. The van der Waals surface area contributed by atoms with E-state index in [2.05, 4.69) is 135 Å². The summed E-state index contributed by atoms with van der Waals surface area (Å²) in [5, 5.41) is 74.0. The second kappa shape index (κ2) is 28.5. The van der Waals surface area contributed by atoms with E-state index in [1.165, 1.54) is 0 Å². The van der Waals surface area contributed by atoms with Crippen molar-refractivity contribution in [1.29, 1.82) is 0 Å². The number of pyridine rings is 4. The lowest BCUT2D eigenvalue weighted by Crippen LogP contribution is -2.29. The van der Waals surface area contributed by atoms with E-state index in [-0.39, 0.29) is 0 Å². The van der Waals surface area contributed by atoms with Gasteiger partial charge in [-0.05, 0) is 209 Å². The second-order valence-corrected chi connectivity index (χ2v) is 19.1. The Morgan fingerprint density at radius 3 is 0.588 bits per heavy atom. The highest BCUT2D eigenvalue weighted by Gasteiger charge is 2.11. The molecule has 0 radical (unpaired) electrons. The van der Waals surface area contributed by atoms with Gasteiger partial charge in [-0.15, -0.1) is 0 Å². The largest absolute Gasteiger partial charge is 0.488 e. The lowest BCUT2D eigenvalue weighted by molar-refractivity contribution is 0.424. The van der Waals surface area contributed by atoms with Crippen molar-refractivity contribution in [1.82, 2.24) is 19.9 Å². The molecule has 4 aromatic heterocycles. The van der Waals surface area contributed by atoms with Crippen LogP contribution in [-0.2, 0) is 0 Å². The van der Waals surface area contributed by atoms with Crippen LogP contribution in [0.15, 0.2) is 195 Å². The van der Waals surface area contributed by atoms with Gasteiger partial charge in [0.1, 0.15) is 0 Å². The monoisotopic (exact) mass is 1350 g/mol. The normalized spacial score (nSPS) is 10.1. The number of rotatable bonds is 4. The van der Waals surface area contributed by atoms with Crippen LogP contribution in [-0.4, -0.2) is 88.6 Å². The molecule has 0 aliphatic carbocycles. The number of hydrogen-bond donors (Lipinski definition) is 8. The molecule has 12 nitrogen and oxygen atoms in total. The fourth-order valence-corrected chi connectivity index (χ4v) is 7.41. The SMILES string of the molecule is OB(O)c1ccc(I)cc1.OB(O)c1ccc(I)cc1.OB(O)c1ccc(I)cc1.OB(O)c1ccc(I)cc1.c1cnc2ccc3ncccc3c2c1.c1cnc2ccc3ncccc3c2c1. The van der Waals surface area contributed by atoms with Crippen LogP contribution in [0.3, 0.4) is 0 Å². The molecule has 20 heteroatoms. The fraction of sp³-hybridized carbons (Fsp3) is 0. The van der Waals surface area contributed by atoms with Crippen molar-refractivity contribution in [3.05, 3.63) is 209 Å². The van der Waals surface area contributed by atoms with E-state index in [1.807, 2.05) is 122 Å². The zero-order valence-corrected chi connectivity index (χ0v) is 44.3. The molecule has 0 bridgehead atoms. The molecule has 4 heterocycles. The first-order valence-electron chi connectivity index (χ1n) is 20.3. The standard InChI is InChI=1S/2C12H8N2.4C6H6BIO2/c2*1-3-9-10-4-2-8-14-12(10)6-5-11(9)13-7-1;4*8-6-3-1-5(2-4-6)7(9)10/h2*1-8H;4*1-4,9-10H. The highest BCUT2D eigenvalue weighted by Crippen LogP contribution is 2.22. The van der Waals surface area contributed by atoms with E-state index >= 15 is 0 Å². The molecule has 0 spiro atoms. The first-order valence-corrected chi connectivity index (χ1v) is 24.6. The maximum atomic E-state index is 8.67. The molecule has 10 rings (SSSR count). The summed E-state index contributed by atoms with van der Waals surface area (Å²) in [5.74, 6) is 0. The van der Waals surface area contributed by atoms with Gasteiger partial charge in [0.05, 0.1) is 22.1 Å². The number of hydrogen-bond acceptors (Lipinski definition) is 12. The van der Waals surface area contributed by atoms with Crippen LogP contribution in [0.1, 0.15) is 0 Å². The van der Waals surface area contributed by atoms with E-state index < -0.39 is 28.5 Å². The Kier molecular flexibility index (Phi) is 22.9. The molecular weight excluding hydrogens is 1310 g/mol. The molecule has 0 aliphatic rings. The second-order valence-electron chi connectivity index (χ2n) is 14.1. The lowest BCUT2D eigenvalue weighted by Gasteiger charge is -2.00. The Hall–Kier alpha value is -4.18. The number of aromatic nitrogens is 4. The van der Waals surface area contributed by atoms with Gasteiger partial charge >= 0.3 is 28.5 Å². The van der Waals surface area contributed by atoms with Crippen LogP contribution in [0.2, 0.25) is 0 Å². The fourth-order valence-electron chi connectivity index (χ4n) is 5.97. The molecule has 68 heavy (non-hydrogen) atoms. The molecule has 0 unspecified atom stereocenters. The van der Waals surface area contributed by atoms with Gasteiger partial charge in [-0.3, -0.25) is 19.9 Å². The third-order valence-corrected chi connectivity index (χ3v) is 12.3. The number of benzene rings is 6. The third-order valence-electron chi connectivity index (χ3n) is 9.41. The van der Waals surface area contributed by atoms with Gasteiger partial charge in [-0.25, -0.2) is 0 Å². The van der Waals surface area contributed by atoms with Gasteiger partial charge < -0.3 is 40.2 Å². The summed E-state index contributed by atoms with van der Waals surface area (Å²) in [6.07, 6.45) is 7.24. The number of nitrogens with zero attached hydrogens (tertiary/aromatic N) is 4. The van der Waals surface area contributed by atoms with Gasteiger partial charge in [-0.1, -0.05) is 72.8 Å². The van der Waals surface area contributed by atoms with Gasteiger partial charge in [0.15, 0.2) is 0 Å². The molecule has 0 atom stereocenters. The van der Waals surface area contributed by atoms with Gasteiger partial charge in [0.25, 0.3) is 0 Å². The lowest BCUT2D eigenvalue weighted by atomic mass is 9.81. The maximum absolute atomic E-state index is 8.67. The molecule has 0 fully saturated rings. The highest BCUT2D eigenvalue weighted by molar-refractivity contribution is 14.1. The van der Waals surface area contributed by atoms with Crippen LogP contribution in [0.25, 0.3) is 43.6 Å². The molecule has 0 saturated heterocycles. The van der Waals surface area contributed by atoms with Crippen molar-refractivity contribution >= 4 is 184 Å². The third kappa shape index (κ3) is 17.7. The number of fused-ring (bicyclic) bond motifs is 6. The average Bonchev–Trinajstić information content (AvgIpc) is 3.35. The summed E-state index contributed by atoms with van der Waals surface area (Å²) in [7, 11) is -5.40. The summed E-state index contributed by atoms with van der Waals surface area (Å²) in [6, 6.07) is 52.3. The van der Waals surface area contributed by atoms with E-state index in [1.54, 1.807) is 48.5 Å². The van der Waals surface area contributed by atoms with Crippen LogP contribution >= 0.6 is 90.4 Å². The van der Waals surface area contributed by atoms with Crippen molar-refractivity contribution in [3.8, 4) is 0 Å². The summed E-state index contributed by atoms with van der Waals surface area (Å²) in [6.45, 7) is 0. The van der Waals surface area contributed by atoms with E-state index in [4.69, 9.17) is 40.2 Å². The minimum atomic E-state index is -1.35. The van der Waals surface area contributed by atoms with Gasteiger partial charge in [-0.2, -0.15) is 0 Å². The first-order chi connectivity index (χ1) is 32.7. The van der Waals surface area contributed by atoms with Crippen LogP contribution in [0.4, 0.5) is 0 Å². The predicted octanol–water partition coefficient (Wildman–Crippen LogP) is 5.45. The van der Waals surface area contributed by atoms with Crippen molar-refractivity contribution < 1.29 is 40.2 Å². The minimum absolute atomic E-state index is 0.528. The number of halogens is 4. The summed E-state index contributed by atoms with van der Waals surface area (Å²) in [4.78, 5) is 17.2. The van der Waals surface area contributed by atoms with E-state index in [9.17, 15) is 0 Å². The Morgan fingerprint density at radius 1 is 0.250 bits per heavy atom.